The monoisotopic (exact) mass is 481 g/mol. The number of nitrogens with zero attached hydrogens (tertiary/aromatic N) is 3. The van der Waals surface area contributed by atoms with Gasteiger partial charge in [0, 0.05) is 49.5 Å². The molecule has 2 aliphatic heterocycles. The van der Waals surface area contributed by atoms with Crippen molar-refractivity contribution in [3.05, 3.63) is 95.1 Å². The number of hydrogen-bond acceptors (Lipinski definition) is 3. The van der Waals surface area contributed by atoms with Gasteiger partial charge in [-0.15, -0.1) is 0 Å². The van der Waals surface area contributed by atoms with Gasteiger partial charge in [-0.3, -0.25) is 9.59 Å². The molecule has 0 saturated carbocycles. The molecule has 3 aromatic rings. The second-order valence-electron chi connectivity index (χ2n) is 10.9. The molecule has 0 radical (unpaired) electrons. The van der Waals surface area contributed by atoms with Gasteiger partial charge >= 0.3 is 0 Å². The largest absolute Gasteiger partial charge is 0.368 e. The highest BCUT2D eigenvalue weighted by molar-refractivity contribution is 5.97. The zero-order valence-corrected chi connectivity index (χ0v) is 21.5. The number of hydrogen-bond donors (Lipinski definition) is 0. The van der Waals surface area contributed by atoms with Crippen molar-refractivity contribution >= 4 is 23.2 Å². The van der Waals surface area contributed by atoms with Crippen LogP contribution in [0.15, 0.2) is 72.8 Å². The maximum atomic E-state index is 13.4. The molecule has 0 aliphatic carbocycles. The van der Waals surface area contributed by atoms with E-state index in [0.29, 0.717) is 26.1 Å². The van der Waals surface area contributed by atoms with Crippen LogP contribution in [0.2, 0.25) is 0 Å². The van der Waals surface area contributed by atoms with Crippen molar-refractivity contribution in [3.63, 3.8) is 0 Å². The summed E-state index contributed by atoms with van der Waals surface area (Å²) in [6.45, 7) is 10.1. The zero-order valence-electron chi connectivity index (χ0n) is 21.5. The highest BCUT2D eigenvalue weighted by Crippen LogP contribution is 2.33. The number of rotatable bonds is 4. The number of carbonyl (C=O) groups excluding carboxylic acids is 2. The lowest BCUT2D eigenvalue weighted by atomic mass is 9.83. The first-order chi connectivity index (χ1) is 17.3. The van der Waals surface area contributed by atoms with Crippen LogP contribution in [0.3, 0.4) is 0 Å². The number of anilines is 2. The van der Waals surface area contributed by atoms with E-state index in [1.807, 2.05) is 46.2 Å². The third-order valence-electron chi connectivity index (χ3n) is 7.34. The van der Waals surface area contributed by atoms with Crippen LogP contribution in [0.5, 0.6) is 0 Å². The average Bonchev–Trinajstić information content (AvgIpc) is 2.90. The predicted molar refractivity (Wildman–Crippen MR) is 146 cm³/mol. The third-order valence-corrected chi connectivity index (χ3v) is 7.34. The van der Waals surface area contributed by atoms with E-state index in [1.165, 1.54) is 11.3 Å². The molecule has 0 aromatic heterocycles. The molecule has 186 valence electrons. The van der Waals surface area contributed by atoms with Crippen LogP contribution in [0.4, 0.5) is 11.4 Å². The fourth-order valence-corrected chi connectivity index (χ4v) is 5.34. The van der Waals surface area contributed by atoms with Gasteiger partial charge in [-0.1, -0.05) is 69.3 Å². The Morgan fingerprint density at radius 1 is 0.833 bits per heavy atom. The lowest BCUT2D eigenvalue weighted by Crippen LogP contribution is -2.49. The standard InChI is InChI=1S/C31H35N3O2/c1-31(2,3)27-12-8-7-11-26(27)30(36)33-19-17-32(18-20-33)25-14-15-28-24(21-25)13-16-29(35)34(28)22-23-9-5-4-6-10-23/h4-12,14-15,21H,13,16-20,22H2,1-3H3. The molecule has 5 nitrogen and oxygen atoms in total. The summed E-state index contributed by atoms with van der Waals surface area (Å²) in [5, 5.41) is 0. The highest BCUT2D eigenvalue weighted by Gasteiger charge is 2.29. The second-order valence-corrected chi connectivity index (χ2v) is 10.9. The average molecular weight is 482 g/mol. The van der Waals surface area contributed by atoms with Crippen LogP contribution in [0.25, 0.3) is 0 Å². The Kier molecular flexibility index (Phi) is 6.57. The lowest BCUT2D eigenvalue weighted by molar-refractivity contribution is -0.119. The number of fused-ring (bicyclic) bond motifs is 1. The molecule has 1 fully saturated rings. The van der Waals surface area contributed by atoms with Crippen molar-refractivity contribution < 1.29 is 9.59 Å². The quantitative estimate of drug-likeness (QED) is 0.499. The van der Waals surface area contributed by atoms with E-state index in [9.17, 15) is 9.59 Å². The lowest BCUT2D eigenvalue weighted by Gasteiger charge is -2.38. The zero-order chi connectivity index (χ0) is 25.3. The smallest absolute Gasteiger partial charge is 0.254 e. The normalized spacial score (nSPS) is 16.2. The minimum Gasteiger partial charge on any atom is -0.368 e. The SMILES string of the molecule is CC(C)(C)c1ccccc1C(=O)N1CCN(c2ccc3c(c2)CCC(=O)N3Cc2ccccc2)CC1. The summed E-state index contributed by atoms with van der Waals surface area (Å²) in [5.41, 5.74) is 6.39. The van der Waals surface area contributed by atoms with Crippen LogP contribution in [0.1, 0.15) is 54.2 Å². The van der Waals surface area contributed by atoms with Crippen LogP contribution in [-0.4, -0.2) is 42.9 Å². The molecular weight excluding hydrogens is 446 g/mol. The molecule has 0 atom stereocenters. The minimum absolute atomic E-state index is 0.0764. The van der Waals surface area contributed by atoms with E-state index < -0.39 is 0 Å². The Balaban J connectivity index is 1.28. The van der Waals surface area contributed by atoms with Gasteiger partial charge in [-0.25, -0.2) is 0 Å². The maximum Gasteiger partial charge on any atom is 0.254 e. The number of amides is 2. The van der Waals surface area contributed by atoms with Gasteiger partial charge in [-0.2, -0.15) is 0 Å². The second kappa shape index (κ2) is 9.81. The van der Waals surface area contributed by atoms with Gasteiger partial charge < -0.3 is 14.7 Å². The van der Waals surface area contributed by atoms with Gasteiger partial charge in [0.05, 0.1) is 6.54 Å². The fourth-order valence-electron chi connectivity index (χ4n) is 5.34. The number of piperazine rings is 1. The number of benzene rings is 3. The maximum absolute atomic E-state index is 13.4. The topological polar surface area (TPSA) is 43.9 Å². The van der Waals surface area contributed by atoms with E-state index in [-0.39, 0.29) is 17.2 Å². The summed E-state index contributed by atoms with van der Waals surface area (Å²) < 4.78 is 0. The molecule has 0 unspecified atom stereocenters. The molecule has 2 aliphatic rings. The third kappa shape index (κ3) is 4.88. The minimum atomic E-state index is -0.0764. The molecule has 1 saturated heterocycles. The van der Waals surface area contributed by atoms with E-state index in [0.717, 1.165) is 41.9 Å². The molecule has 3 aromatic carbocycles. The van der Waals surface area contributed by atoms with Gasteiger partial charge in [0.2, 0.25) is 5.91 Å². The molecule has 36 heavy (non-hydrogen) atoms. The molecule has 0 N–H and O–H groups in total. The van der Waals surface area contributed by atoms with E-state index >= 15 is 0 Å². The Hall–Kier alpha value is -3.60. The first kappa shape index (κ1) is 24.1. The number of carbonyl (C=O) groups is 2. The summed E-state index contributed by atoms with van der Waals surface area (Å²) >= 11 is 0. The summed E-state index contributed by atoms with van der Waals surface area (Å²) in [4.78, 5) is 32.4. The Morgan fingerprint density at radius 3 is 2.25 bits per heavy atom. The molecule has 2 heterocycles. The van der Waals surface area contributed by atoms with Crippen molar-refractivity contribution in [3.8, 4) is 0 Å². The Labute approximate surface area is 214 Å². The Bertz CT molecular complexity index is 1250. The molecule has 0 spiro atoms. The fraction of sp³-hybridized carbons (Fsp3) is 0.355. The molecule has 2 amide bonds. The van der Waals surface area contributed by atoms with Crippen LogP contribution in [-0.2, 0) is 23.2 Å². The van der Waals surface area contributed by atoms with Gasteiger partial charge in [0.25, 0.3) is 5.91 Å². The van der Waals surface area contributed by atoms with Crippen molar-refractivity contribution in [1.29, 1.82) is 0 Å². The van der Waals surface area contributed by atoms with Crippen LogP contribution < -0.4 is 9.80 Å². The van der Waals surface area contributed by atoms with Crippen LogP contribution >= 0.6 is 0 Å². The summed E-state index contributed by atoms with van der Waals surface area (Å²) in [7, 11) is 0. The predicted octanol–water partition coefficient (Wildman–Crippen LogP) is 5.43. The van der Waals surface area contributed by atoms with Crippen molar-refractivity contribution in [2.45, 2.75) is 45.6 Å². The van der Waals surface area contributed by atoms with Gasteiger partial charge in [0.15, 0.2) is 0 Å². The molecule has 0 bridgehead atoms. The Morgan fingerprint density at radius 2 is 1.53 bits per heavy atom. The molecule has 5 heteroatoms. The van der Waals surface area contributed by atoms with E-state index in [4.69, 9.17) is 0 Å². The molecular formula is C31H35N3O2. The first-order valence-corrected chi connectivity index (χ1v) is 12.9. The van der Waals surface area contributed by atoms with Crippen molar-refractivity contribution in [2.24, 2.45) is 0 Å². The first-order valence-electron chi connectivity index (χ1n) is 12.9. The summed E-state index contributed by atoms with van der Waals surface area (Å²) in [6.07, 6.45) is 1.31. The highest BCUT2D eigenvalue weighted by atomic mass is 16.2. The van der Waals surface area contributed by atoms with Gasteiger partial charge in [-0.05, 0) is 52.8 Å². The molecule has 5 rings (SSSR count). The van der Waals surface area contributed by atoms with E-state index in [2.05, 4.69) is 62.1 Å². The van der Waals surface area contributed by atoms with E-state index in [1.54, 1.807) is 0 Å². The van der Waals surface area contributed by atoms with Crippen molar-refractivity contribution in [2.75, 3.05) is 36.0 Å². The van der Waals surface area contributed by atoms with Crippen LogP contribution in [0, 0.1) is 0 Å². The van der Waals surface area contributed by atoms with Gasteiger partial charge in [0.1, 0.15) is 0 Å². The van der Waals surface area contributed by atoms with Crippen molar-refractivity contribution in [1.82, 2.24) is 4.90 Å². The summed E-state index contributed by atoms with van der Waals surface area (Å²) in [6, 6.07) is 24.6. The number of aryl methyl sites for hydroxylation is 1. The summed E-state index contributed by atoms with van der Waals surface area (Å²) in [5.74, 6) is 0.308.